The van der Waals surface area contributed by atoms with E-state index in [1.807, 2.05) is 26.1 Å². The molecule has 2 rings (SSSR count). The first kappa shape index (κ1) is 15.8. The van der Waals surface area contributed by atoms with Crippen molar-refractivity contribution in [2.75, 3.05) is 20.3 Å². The molecule has 1 aliphatic rings. The molecule has 20 heavy (non-hydrogen) atoms. The van der Waals surface area contributed by atoms with E-state index in [1.165, 1.54) is 5.56 Å². The van der Waals surface area contributed by atoms with Crippen LogP contribution >= 0.6 is 15.9 Å². The molecule has 3 nitrogen and oxygen atoms in total. The van der Waals surface area contributed by atoms with E-state index >= 15 is 0 Å². The second-order valence-corrected chi connectivity index (χ2v) is 6.07. The SMILES string of the molecule is CCOc1ccc(Br)cc1C(NC)C1CCOC1CC. The average molecular weight is 342 g/mol. The Kier molecular flexibility index (Phi) is 5.87. The summed E-state index contributed by atoms with van der Waals surface area (Å²) >= 11 is 3.57. The van der Waals surface area contributed by atoms with Crippen LogP contribution in [-0.2, 0) is 4.74 Å². The van der Waals surface area contributed by atoms with Gasteiger partial charge in [-0.05, 0) is 45.0 Å². The largest absolute Gasteiger partial charge is 0.494 e. The van der Waals surface area contributed by atoms with Crippen LogP contribution in [0.4, 0.5) is 0 Å². The lowest BCUT2D eigenvalue weighted by Crippen LogP contribution is -2.31. The second kappa shape index (κ2) is 7.43. The first-order valence-electron chi connectivity index (χ1n) is 7.42. The predicted molar refractivity (Wildman–Crippen MR) is 85.2 cm³/mol. The molecule has 4 heteroatoms. The molecule has 0 bridgehead atoms. The van der Waals surface area contributed by atoms with Gasteiger partial charge in [0.05, 0.1) is 12.7 Å². The van der Waals surface area contributed by atoms with Gasteiger partial charge in [-0.15, -0.1) is 0 Å². The summed E-state index contributed by atoms with van der Waals surface area (Å²) in [7, 11) is 2.02. The summed E-state index contributed by atoms with van der Waals surface area (Å²) in [5.74, 6) is 1.47. The highest BCUT2D eigenvalue weighted by Gasteiger charge is 2.35. The van der Waals surface area contributed by atoms with E-state index in [0.29, 0.717) is 18.6 Å². The first-order chi connectivity index (χ1) is 9.71. The van der Waals surface area contributed by atoms with Crippen LogP contribution in [0.15, 0.2) is 22.7 Å². The summed E-state index contributed by atoms with van der Waals surface area (Å²) < 4.78 is 12.7. The van der Waals surface area contributed by atoms with Crippen molar-refractivity contribution in [3.8, 4) is 5.75 Å². The molecule has 0 saturated carbocycles. The molecule has 3 atom stereocenters. The zero-order chi connectivity index (χ0) is 14.5. The van der Waals surface area contributed by atoms with Crippen LogP contribution in [0.2, 0.25) is 0 Å². The second-order valence-electron chi connectivity index (χ2n) is 5.15. The quantitative estimate of drug-likeness (QED) is 0.850. The van der Waals surface area contributed by atoms with Gasteiger partial charge < -0.3 is 14.8 Å². The molecule has 1 aliphatic heterocycles. The van der Waals surface area contributed by atoms with Crippen LogP contribution in [0.25, 0.3) is 0 Å². The number of benzene rings is 1. The van der Waals surface area contributed by atoms with Gasteiger partial charge in [0.1, 0.15) is 5.75 Å². The van der Waals surface area contributed by atoms with E-state index in [4.69, 9.17) is 9.47 Å². The average Bonchev–Trinajstić information content (AvgIpc) is 2.91. The molecule has 1 fully saturated rings. The Hall–Kier alpha value is -0.580. The van der Waals surface area contributed by atoms with Crippen molar-refractivity contribution < 1.29 is 9.47 Å². The maximum Gasteiger partial charge on any atom is 0.124 e. The van der Waals surface area contributed by atoms with Crippen molar-refractivity contribution in [3.63, 3.8) is 0 Å². The lowest BCUT2D eigenvalue weighted by atomic mass is 9.86. The zero-order valence-electron chi connectivity index (χ0n) is 12.5. The smallest absolute Gasteiger partial charge is 0.124 e. The molecule has 3 unspecified atom stereocenters. The van der Waals surface area contributed by atoms with E-state index in [2.05, 4.69) is 34.2 Å². The molecular formula is C16H24BrNO2. The topological polar surface area (TPSA) is 30.5 Å². The third-order valence-electron chi connectivity index (χ3n) is 4.01. The van der Waals surface area contributed by atoms with Crippen molar-refractivity contribution in [3.05, 3.63) is 28.2 Å². The predicted octanol–water partition coefficient (Wildman–Crippen LogP) is 3.92. The number of halogens is 1. The molecule has 1 aromatic carbocycles. The maximum absolute atomic E-state index is 5.86. The van der Waals surface area contributed by atoms with Gasteiger partial charge in [0.25, 0.3) is 0 Å². The minimum Gasteiger partial charge on any atom is -0.494 e. The normalized spacial score (nSPS) is 23.8. The van der Waals surface area contributed by atoms with Gasteiger partial charge in [-0.1, -0.05) is 22.9 Å². The summed E-state index contributed by atoms with van der Waals surface area (Å²) in [6, 6.07) is 6.51. The Bertz CT molecular complexity index is 438. The highest BCUT2D eigenvalue weighted by molar-refractivity contribution is 9.10. The van der Waals surface area contributed by atoms with Crippen molar-refractivity contribution in [1.29, 1.82) is 0 Å². The molecule has 112 valence electrons. The molecule has 0 aliphatic carbocycles. The third-order valence-corrected chi connectivity index (χ3v) is 4.50. The minimum atomic E-state index is 0.265. The summed E-state index contributed by atoms with van der Waals surface area (Å²) in [6.45, 7) is 5.76. The van der Waals surface area contributed by atoms with Crippen LogP contribution in [0.1, 0.15) is 38.3 Å². The zero-order valence-corrected chi connectivity index (χ0v) is 14.1. The van der Waals surface area contributed by atoms with Gasteiger partial charge >= 0.3 is 0 Å². The van der Waals surface area contributed by atoms with Gasteiger partial charge in [0, 0.05) is 28.6 Å². The number of ether oxygens (including phenoxy) is 2. The number of hydrogen-bond acceptors (Lipinski definition) is 3. The van der Waals surface area contributed by atoms with Crippen LogP contribution < -0.4 is 10.1 Å². The van der Waals surface area contributed by atoms with Crippen molar-refractivity contribution in [1.82, 2.24) is 5.32 Å². The van der Waals surface area contributed by atoms with E-state index < -0.39 is 0 Å². The summed E-state index contributed by atoms with van der Waals surface area (Å²) in [5, 5.41) is 3.47. The van der Waals surface area contributed by atoms with Gasteiger partial charge in [-0.25, -0.2) is 0 Å². The van der Waals surface area contributed by atoms with Crippen LogP contribution in [0, 0.1) is 5.92 Å². The number of rotatable bonds is 6. The molecule has 0 aromatic heterocycles. The van der Waals surface area contributed by atoms with E-state index in [0.717, 1.165) is 29.7 Å². The Labute approximate surface area is 130 Å². The molecule has 1 saturated heterocycles. The van der Waals surface area contributed by atoms with Gasteiger partial charge in [-0.3, -0.25) is 0 Å². The Morgan fingerprint density at radius 2 is 2.25 bits per heavy atom. The standard InChI is InChI=1S/C16H24BrNO2/c1-4-14-12(8-9-20-14)16(18-3)13-10-11(17)6-7-15(13)19-5-2/h6-7,10,12,14,16,18H,4-5,8-9H2,1-3H3. The monoisotopic (exact) mass is 341 g/mol. The maximum atomic E-state index is 5.86. The number of nitrogens with one attached hydrogen (secondary N) is 1. The van der Waals surface area contributed by atoms with Crippen LogP contribution in [-0.4, -0.2) is 26.4 Å². The fourth-order valence-electron chi connectivity index (χ4n) is 3.12. The fraction of sp³-hybridized carbons (Fsp3) is 0.625. The summed E-state index contributed by atoms with van der Waals surface area (Å²) in [5.41, 5.74) is 1.22. The van der Waals surface area contributed by atoms with Crippen LogP contribution in [0.5, 0.6) is 5.75 Å². The molecule has 0 amide bonds. The molecule has 1 N–H and O–H groups in total. The van der Waals surface area contributed by atoms with Crippen molar-refractivity contribution in [2.45, 2.75) is 38.8 Å². The highest BCUT2D eigenvalue weighted by Crippen LogP contribution is 2.39. The van der Waals surface area contributed by atoms with E-state index in [1.54, 1.807) is 0 Å². The molecular weight excluding hydrogens is 318 g/mol. The Morgan fingerprint density at radius 3 is 2.90 bits per heavy atom. The Morgan fingerprint density at radius 1 is 1.45 bits per heavy atom. The minimum absolute atomic E-state index is 0.265. The first-order valence-corrected chi connectivity index (χ1v) is 8.21. The summed E-state index contributed by atoms with van der Waals surface area (Å²) in [6.07, 6.45) is 2.49. The Balaban J connectivity index is 2.32. The highest BCUT2D eigenvalue weighted by atomic mass is 79.9. The lowest BCUT2D eigenvalue weighted by Gasteiger charge is -2.28. The van der Waals surface area contributed by atoms with E-state index in [-0.39, 0.29) is 6.04 Å². The summed E-state index contributed by atoms with van der Waals surface area (Å²) in [4.78, 5) is 0. The van der Waals surface area contributed by atoms with Gasteiger partial charge in [0.2, 0.25) is 0 Å². The van der Waals surface area contributed by atoms with Crippen molar-refractivity contribution in [2.24, 2.45) is 5.92 Å². The number of hydrogen-bond donors (Lipinski definition) is 1. The third kappa shape index (κ3) is 3.35. The fourth-order valence-corrected chi connectivity index (χ4v) is 3.50. The van der Waals surface area contributed by atoms with Gasteiger partial charge in [0.15, 0.2) is 0 Å². The van der Waals surface area contributed by atoms with Crippen LogP contribution in [0.3, 0.4) is 0 Å². The molecule has 1 aromatic rings. The lowest BCUT2D eigenvalue weighted by molar-refractivity contribution is 0.0779. The molecule has 1 heterocycles. The molecule has 0 spiro atoms. The van der Waals surface area contributed by atoms with Crippen molar-refractivity contribution >= 4 is 15.9 Å². The molecule has 0 radical (unpaired) electrons. The van der Waals surface area contributed by atoms with E-state index in [9.17, 15) is 0 Å². The van der Waals surface area contributed by atoms with Gasteiger partial charge in [-0.2, -0.15) is 0 Å².